The molecule has 3 rings (SSSR count). The maximum atomic E-state index is 12.3. The van der Waals surface area contributed by atoms with Crippen LogP contribution in [0.2, 0.25) is 0 Å². The molecule has 2 aliphatic rings. The van der Waals surface area contributed by atoms with Crippen molar-refractivity contribution in [3.8, 4) is 0 Å². The Morgan fingerprint density at radius 1 is 1.21 bits per heavy atom. The van der Waals surface area contributed by atoms with Gasteiger partial charge in [0.25, 0.3) is 5.69 Å². The second-order valence-electron chi connectivity index (χ2n) is 7.55. The number of nitro groups is 1. The average molecular weight is 333 g/mol. The number of ether oxygens (including phenoxy) is 1. The number of benzene rings is 1. The molecular weight excluding hydrogens is 310 g/mol. The number of nitrogens with zero attached hydrogens (tertiary/aromatic N) is 3. The molecule has 24 heavy (non-hydrogen) atoms. The third-order valence-corrected chi connectivity index (χ3v) is 4.50. The molecule has 1 aromatic rings. The highest BCUT2D eigenvalue weighted by Gasteiger charge is 2.52. The van der Waals surface area contributed by atoms with Crippen LogP contribution in [0, 0.1) is 10.1 Å². The molecule has 1 aliphatic carbocycles. The van der Waals surface area contributed by atoms with E-state index in [0.29, 0.717) is 19.6 Å². The molecule has 1 saturated heterocycles. The van der Waals surface area contributed by atoms with Gasteiger partial charge in [-0.15, -0.1) is 0 Å². The number of carbonyl (C=O) groups is 1. The second-order valence-corrected chi connectivity index (χ2v) is 7.55. The first kappa shape index (κ1) is 16.5. The lowest BCUT2D eigenvalue weighted by Crippen LogP contribution is -2.57. The lowest BCUT2D eigenvalue weighted by Gasteiger charge is -2.43. The summed E-state index contributed by atoms with van der Waals surface area (Å²) in [6.07, 6.45) is 1.77. The van der Waals surface area contributed by atoms with E-state index in [4.69, 9.17) is 4.74 Å². The molecule has 1 aromatic carbocycles. The van der Waals surface area contributed by atoms with Crippen LogP contribution in [0.1, 0.15) is 33.6 Å². The fourth-order valence-corrected chi connectivity index (χ4v) is 3.19. The quantitative estimate of drug-likeness (QED) is 0.614. The SMILES string of the molecule is CC(C)(C)OC(=O)N1CCN(c2ccc([N+](=O)[O-])cc2)C2(CC2)C1. The van der Waals surface area contributed by atoms with Crippen molar-refractivity contribution in [3.63, 3.8) is 0 Å². The van der Waals surface area contributed by atoms with Gasteiger partial charge in [0, 0.05) is 37.5 Å². The number of anilines is 1. The average Bonchev–Trinajstić information content (AvgIpc) is 3.25. The molecule has 0 N–H and O–H groups in total. The Balaban J connectivity index is 1.71. The van der Waals surface area contributed by atoms with Crippen molar-refractivity contribution >= 4 is 17.5 Å². The molecule has 1 heterocycles. The van der Waals surface area contributed by atoms with Crippen molar-refractivity contribution in [1.29, 1.82) is 0 Å². The zero-order valence-electron chi connectivity index (χ0n) is 14.3. The van der Waals surface area contributed by atoms with E-state index in [2.05, 4.69) is 4.90 Å². The van der Waals surface area contributed by atoms with Crippen molar-refractivity contribution in [1.82, 2.24) is 4.90 Å². The molecule has 1 amide bonds. The molecule has 0 unspecified atom stereocenters. The van der Waals surface area contributed by atoms with Crippen molar-refractivity contribution in [2.45, 2.75) is 44.8 Å². The number of rotatable bonds is 2. The third kappa shape index (κ3) is 3.29. The Labute approximate surface area is 141 Å². The first-order valence-electron chi connectivity index (χ1n) is 8.20. The van der Waals surface area contributed by atoms with Gasteiger partial charge in [0.2, 0.25) is 0 Å². The van der Waals surface area contributed by atoms with E-state index in [1.54, 1.807) is 17.0 Å². The maximum Gasteiger partial charge on any atom is 0.410 e. The predicted molar refractivity (Wildman–Crippen MR) is 90.2 cm³/mol. The van der Waals surface area contributed by atoms with Gasteiger partial charge in [-0.05, 0) is 45.7 Å². The van der Waals surface area contributed by atoms with E-state index in [1.165, 1.54) is 12.1 Å². The first-order valence-corrected chi connectivity index (χ1v) is 8.20. The molecular formula is C17H23N3O4. The highest BCUT2D eigenvalue weighted by Crippen LogP contribution is 2.46. The van der Waals surface area contributed by atoms with Gasteiger partial charge in [0.15, 0.2) is 0 Å². The highest BCUT2D eigenvalue weighted by molar-refractivity contribution is 5.69. The van der Waals surface area contributed by atoms with Crippen molar-refractivity contribution in [2.24, 2.45) is 0 Å². The lowest BCUT2D eigenvalue weighted by atomic mass is 10.1. The molecule has 2 fully saturated rings. The monoisotopic (exact) mass is 333 g/mol. The van der Waals surface area contributed by atoms with Crippen LogP contribution in [0.15, 0.2) is 24.3 Å². The van der Waals surface area contributed by atoms with Crippen LogP contribution in [-0.4, -0.2) is 46.7 Å². The maximum absolute atomic E-state index is 12.3. The third-order valence-electron chi connectivity index (χ3n) is 4.50. The predicted octanol–water partition coefficient (Wildman–Crippen LogP) is 3.18. The number of hydrogen-bond donors (Lipinski definition) is 0. The van der Waals surface area contributed by atoms with E-state index >= 15 is 0 Å². The standard InChI is InChI=1S/C17H23N3O4/c1-16(2,3)24-15(21)18-10-11-19(17(12-18)8-9-17)13-4-6-14(7-5-13)20(22)23/h4-7H,8-12H2,1-3H3. The Morgan fingerprint density at radius 3 is 2.33 bits per heavy atom. The minimum Gasteiger partial charge on any atom is -0.444 e. The summed E-state index contributed by atoms with van der Waals surface area (Å²) in [5.41, 5.74) is 0.520. The first-order chi connectivity index (χ1) is 11.2. The van der Waals surface area contributed by atoms with Gasteiger partial charge in [-0.25, -0.2) is 4.79 Å². The molecule has 0 bridgehead atoms. The van der Waals surface area contributed by atoms with Gasteiger partial charge in [-0.2, -0.15) is 0 Å². The number of amides is 1. The molecule has 1 saturated carbocycles. The molecule has 130 valence electrons. The summed E-state index contributed by atoms with van der Waals surface area (Å²) in [5.74, 6) is 0. The van der Waals surface area contributed by atoms with Crippen LogP contribution in [-0.2, 0) is 4.74 Å². The summed E-state index contributed by atoms with van der Waals surface area (Å²) < 4.78 is 5.47. The van der Waals surface area contributed by atoms with Crippen LogP contribution in [0.5, 0.6) is 0 Å². The Bertz CT molecular complexity index is 647. The summed E-state index contributed by atoms with van der Waals surface area (Å²) in [4.78, 5) is 26.8. The second kappa shape index (κ2) is 5.65. The van der Waals surface area contributed by atoms with Crippen LogP contribution in [0.25, 0.3) is 0 Å². The summed E-state index contributed by atoms with van der Waals surface area (Å²) in [7, 11) is 0. The Morgan fingerprint density at radius 2 is 1.83 bits per heavy atom. The van der Waals surface area contributed by atoms with Crippen molar-refractivity contribution < 1.29 is 14.5 Å². The van der Waals surface area contributed by atoms with Crippen LogP contribution in [0.4, 0.5) is 16.2 Å². The Hall–Kier alpha value is -2.31. The van der Waals surface area contributed by atoms with Gasteiger partial charge >= 0.3 is 6.09 Å². The number of piperazine rings is 1. The minimum atomic E-state index is -0.497. The fourth-order valence-electron chi connectivity index (χ4n) is 3.19. The summed E-state index contributed by atoms with van der Waals surface area (Å²) in [6, 6.07) is 6.65. The van der Waals surface area contributed by atoms with Gasteiger partial charge in [0.1, 0.15) is 5.60 Å². The van der Waals surface area contributed by atoms with Gasteiger partial charge in [-0.3, -0.25) is 10.1 Å². The molecule has 0 aromatic heterocycles. The largest absolute Gasteiger partial charge is 0.444 e. The van der Waals surface area contributed by atoms with Crippen LogP contribution < -0.4 is 4.90 Å². The summed E-state index contributed by atoms with van der Waals surface area (Å²) in [6.45, 7) is 7.53. The number of non-ortho nitro benzene ring substituents is 1. The molecule has 1 aliphatic heterocycles. The van der Waals surface area contributed by atoms with E-state index < -0.39 is 10.5 Å². The van der Waals surface area contributed by atoms with Crippen LogP contribution >= 0.6 is 0 Å². The number of nitro benzene ring substituents is 1. The van der Waals surface area contributed by atoms with Crippen LogP contribution in [0.3, 0.4) is 0 Å². The van der Waals surface area contributed by atoms with E-state index in [9.17, 15) is 14.9 Å². The molecule has 7 nitrogen and oxygen atoms in total. The summed E-state index contributed by atoms with van der Waals surface area (Å²) in [5, 5.41) is 10.8. The van der Waals surface area contributed by atoms with E-state index in [1.807, 2.05) is 20.8 Å². The molecule has 7 heteroatoms. The summed E-state index contributed by atoms with van der Waals surface area (Å²) >= 11 is 0. The van der Waals surface area contributed by atoms with E-state index in [0.717, 1.165) is 18.5 Å². The van der Waals surface area contributed by atoms with E-state index in [-0.39, 0.29) is 17.3 Å². The number of carbonyl (C=O) groups excluding carboxylic acids is 1. The smallest absolute Gasteiger partial charge is 0.410 e. The Kier molecular flexibility index (Phi) is 3.89. The molecule has 1 spiro atoms. The van der Waals surface area contributed by atoms with Crippen molar-refractivity contribution in [3.05, 3.63) is 34.4 Å². The van der Waals surface area contributed by atoms with Crippen molar-refractivity contribution in [2.75, 3.05) is 24.5 Å². The highest BCUT2D eigenvalue weighted by atomic mass is 16.6. The van der Waals surface area contributed by atoms with Gasteiger partial charge in [0.05, 0.1) is 10.5 Å². The lowest BCUT2D eigenvalue weighted by molar-refractivity contribution is -0.384. The molecule has 0 radical (unpaired) electrons. The number of hydrogen-bond acceptors (Lipinski definition) is 5. The fraction of sp³-hybridized carbons (Fsp3) is 0.588. The van der Waals surface area contributed by atoms with Gasteiger partial charge in [-0.1, -0.05) is 0 Å². The van der Waals surface area contributed by atoms with Gasteiger partial charge < -0.3 is 14.5 Å². The minimum absolute atomic E-state index is 0.0503. The molecule has 0 atom stereocenters. The normalized spacial score (nSPS) is 19.3. The zero-order valence-corrected chi connectivity index (χ0v) is 14.3. The zero-order chi connectivity index (χ0) is 17.5. The topological polar surface area (TPSA) is 75.9 Å².